The van der Waals surface area contributed by atoms with Crippen LogP contribution < -0.4 is 5.73 Å². The maximum absolute atomic E-state index is 5.92. The van der Waals surface area contributed by atoms with E-state index in [-0.39, 0.29) is 0 Å². The second-order valence-corrected chi connectivity index (χ2v) is 4.63. The van der Waals surface area contributed by atoms with Crippen LogP contribution in [0, 0.1) is 6.92 Å². The minimum absolute atomic E-state index is 0.363. The van der Waals surface area contributed by atoms with Crippen LogP contribution in [0.5, 0.6) is 0 Å². The highest BCUT2D eigenvalue weighted by molar-refractivity contribution is 9.10. The molecule has 0 unspecified atom stereocenters. The predicted molar refractivity (Wildman–Crippen MR) is 58.9 cm³/mol. The van der Waals surface area contributed by atoms with Crippen molar-refractivity contribution < 1.29 is 0 Å². The molecule has 1 aromatic carbocycles. The number of hydrogen-bond acceptors (Lipinski definition) is 1. The summed E-state index contributed by atoms with van der Waals surface area (Å²) in [6.45, 7) is 2.14. The molecule has 0 heterocycles. The van der Waals surface area contributed by atoms with Gasteiger partial charge in [0.1, 0.15) is 0 Å². The van der Waals surface area contributed by atoms with E-state index in [9.17, 15) is 0 Å². The molecule has 0 saturated heterocycles. The van der Waals surface area contributed by atoms with Gasteiger partial charge >= 0.3 is 0 Å². The van der Waals surface area contributed by atoms with Gasteiger partial charge in [0.2, 0.25) is 0 Å². The highest BCUT2D eigenvalue weighted by Gasteiger charge is 2.17. The topological polar surface area (TPSA) is 26.0 Å². The van der Waals surface area contributed by atoms with Crippen molar-refractivity contribution in [3.8, 4) is 0 Å². The number of nitrogens with two attached hydrogens (primary N) is 1. The molecular weight excluding hydrogens is 226 g/mol. The SMILES string of the molecule is Cc1ccc2c(c1Br)CC[C@@H](N)C2. The van der Waals surface area contributed by atoms with E-state index in [0.717, 1.165) is 19.3 Å². The van der Waals surface area contributed by atoms with E-state index in [1.165, 1.54) is 21.2 Å². The second kappa shape index (κ2) is 3.43. The molecular formula is C11H14BrN. The molecule has 2 N–H and O–H groups in total. The first kappa shape index (κ1) is 9.22. The fourth-order valence-corrected chi connectivity index (χ4v) is 2.54. The van der Waals surface area contributed by atoms with Gasteiger partial charge in [-0.3, -0.25) is 0 Å². The molecule has 2 heteroatoms. The number of halogens is 1. The number of hydrogen-bond donors (Lipinski definition) is 1. The fourth-order valence-electron chi connectivity index (χ4n) is 1.95. The monoisotopic (exact) mass is 239 g/mol. The van der Waals surface area contributed by atoms with Crippen LogP contribution in [0.25, 0.3) is 0 Å². The van der Waals surface area contributed by atoms with Crippen LogP contribution >= 0.6 is 15.9 Å². The van der Waals surface area contributed by atoms with Crippen molar-refractivity contribution >= 4 is 15.9 Å². The summed E-state index contributed by atoms with van der Waals surface area (Å²) in [5, 5.41) is 0. The Morgan fingerprint density at radius 1 is 1.46 bits per heavy atom. The molecule has 1 aliphatic carbocycles. The molecule has 0 bridgehead atoms. The number of fused-ring (bicyclic) bond motifs is 1. The standard InChI is InChI=1S/C11H14BrN/c1-7-2-3-8-6-9(13)4-5-10(8)11(7)12/h2-3,9H,4-6,13H2,1H3/t9-/m1/s1. The molecule has 0 aliphatic heterocycles. The van der Waals surface area contributed by atoms with Gasteiger partial charge in [-0.25, -0.2) is 0 Å². The van der Waals surface area contributed by atoms with Gasteiger partial charge in [-0.05, 0) is 42.9 Å². The lowest BCUT2D eigenvalue weighted by Crippen LogP contribution is -2.28. The van der Waals surface area contributed by atoms with Crippen molar-refractivity contribution in [2.75, 3.05) is 0 Å². The van der Waals surface area contributed by atoms with Gasteiger partial charge in [0, 0.05) is 10.5 Å². The lowest BCUT2D eigenvalue weighted by atomic mass is 9.88. The summed E-state index contributed by atoms with van der Waals surface area (Å²) in [6, 6.07) is 4.75. The zero-order valence-corrected chi connectivity index (χ0v) is 9.39. The zero-order chi connectivity index (χ0) is 9.42. The van der Waals surface area contributed by atoms with E-state index in [4.69, 9.17) is 5.73 Å². The van der Waals surface area contributed by atoms with E-state index >= 15 is 0 Å². The summed E-state index contributed by atoms with van der Waals surface area (Å²) >= 11 is 3.64. The molecule has 0 spiro atoms. The van der Waals surface area contributed by atoms with Crippen LogP contribution in [0.3, 0.4) is 0 Å². The molecule has 2 rings (SSSR count). The van der Waals surface area contributed by atoms with Crippen molar-refractivity contribution in [3.05, 3.63) is 33.3 Å². The smallest absolute Gasteiger partial charge is 0.0239 e. The maximum Gasteiger partial charge on any atom is 0.0239 e. The Labute approximate surface area is 87.5 Å². The van der Waals surface area contributed by atoms with Gasteiger partial charge in [-0.1, -0.05) is 28.1 Å². The van der Waals surface area contributed by atoms with E-state index in [1.807, 2.05) is 0 Å². The molecule has 1 aliphatic rings. The Morgan fingerprint density at radius 2 is 2.23 bits per heavy atom. The Kier molecular flexibility index (Phi) is 2.43. The Hall–Kier alpha value is -0.340. The minimum atomic E-state index is 0.363. The third-order valence-electron chi connectivity index (χ3n) is 2.78. The molecule has 0 fully saturated rings. The second-order valence-electron chi connectivity index (χ2n) is 3.84. The molecule has 1 aromatic rings. The summed E-state index contributed by atoms with van der Waals surface area (Å²) in [5.41, 5.74) is 10.2. The molecule has 13 heavy (non-hydrogen) atoms. The molecule has 0 radical (unpaired) electrons. The highest BCUT2D eigenvalue weighted by atomic mass is 79.9. The van der Waals surface area contributed by atoms with Crippen LogP contribution in [0.15, 0.2) is 16.6 Å². The summed E-state index contributed by atoms with van der Waals surface area (Å²) in [5.74, 6) is 0. The Morgan fingerprint density at radius 3 is 3.00 bits per heavy atom. The fraction of sp³-hybridized carbons (Fsp3) is 0.455. The highest BCUT2D eigenvalue weighted by Crippen LogP contribution is 2.30. The van der Waals surface area contributed by atoms with Crippen LogP contribution in [0.1, 0.15) is 23.1 Å². The largest absolute Gasteiger partial charge is 0.327 e. The average molecular weight is 240 g/mol. The molecule has 0 amide bonds. The lowest BCUT2D eigenvalue weighted by molar-refractivity contribution is 0.575. The average Bonchev–Trinajstić information content (AvgIpc) is 2.12. The number of rotatable bonds is 0. The zero-order valence-electron chi connectivity index (χ0n) is 7.81. The van der Waals surface area contributed by atoms with Crippen molar-refractivity contribution in [2.24, 2.45) is 5.73 Å². The van der Waals surface area contributed by atoms with Crippen LogP contribution in [-0.2, 0) is 12.8 Å². The maximum atomic E-state index is 5.92. The molecule has 0 aromatic heterocycles. The number of aryl methyl sites for hydroxylation is 1. The molecule has 70 valence electrons. The van der Waals surface area contributed by atoms with Crippen molar-refractivity contribution in [2.45, 2.75) is 32.2 Å². The Balaban J connectivity index is 2.47. The Bertz CT molecular complexity index is 333. The summed E-state index contributed by atoms with van der Waals surface area (Å²) < 4.78 is 1.29. The lowest BCUT2D eigenvalue weighted by Gasteiger charge is -2.23. The van der Waals surface area contributed by atoms with Crippen LogP contribution in [0.2, 0.25) is 0 Å². The molecule has 1 nitrogen and oxygen atoms in total. The van der Waals surface area contributed by atoms with E-state index in [0.29, 0.717) is 6.04 Å². The van der Waals surface area contributed by atoms with E-state index in [2.05, 4.69) is 35.0 Å². The molecule has 0 saturated carbocycles. The summed E-state index contributed by atoms with van der Waals surface area (Å²) in [4.78, 5) is 0. The first-order valence-electron chi connectivity index (χ1n) is 4.71. The number of benzene rings is 1. The quantitative estimate of drug-likeness (QED) is 0.741. The summed E-state index contributed by atoms with van der Waals surface area (Å²) in [6.07, 6.45) is 3.28. The molecule has 1 atom stereocenters. The minimum Gasteiger partial charge on any atom is -0.327 e. The normalized spacial score (nSPS) is 21.3. The van der Waals surface area contributed by atoms with Gasteiger partial charge in [-0.2, -0.15) is 0 Å². The van der Waals surface area contributed by atoms with Gasteiger partial charge < -0.3 is 5.73 Å². The van der Waals surface area contributed by atoms with Crippen LogP contribution in [0.4, 0.5) is 0 Å². The van der Waals surface area contributed by atoms with Crippen molar-refractivity contribution in [1.82, 2.24) is 0 Å². The first-order valence-corrected chi connectivity index (χ1v) is 5.50. The van der Waals surface area contributed by atoms with Gasteiger partial charge in [0.25, 0.3) is 0 Å². The van der Waals surface area contributed by atoms with Crippen molar-refractivity contribution in [3.63, 3.8) is 0 Å². The third-order valence-corrected chi connectivity index (χ3v) is 3.88. The van der Waals surface area contributed by atoms with E-state index < -0.39 is 0 Å². The summed E-state index contributed by atoms with van der Waals surface area (Å²) in [7, 11) is 0. The first-order chi connectivity index (χ1) is 6.18. The van der Waals surface area contributed by atoms with Gasteiger partial charge in [0.05, 0.1) is 0 Å². The van der Waals surface area contributed by atoms with E-state index in [1.54, 1.807) is 0 Å². The van der Waals surface area contributed by atoms with Gasteiger partial charge in [-0.15, -0.1) is 0 Å². The van der Waals surface area contributed by atoms with Crippen molar-refractivity contribution in [1.29, 1.82) is 0 Å². The third kappa shape index (κ3) is 1.65. The van der Waals surface area contributed by atoms with Gasteiger partial charge in [0.15, 0.2) is 0 Å². The van der Waals surface area contributed by atoms with Crippen LogP contribution in [-0.4, -0.2) is 6.04 Å². The predicted octanol–water partition coefficient (Wildman–Crippen LogP) is 2.57.